The Labute approximate surface area is 83.2 Å². The van der Waals surface area contributed by atoms with Gasteiger partial charge in [0.2, 0.25) is 0 Å². The lowest BCUT2D eigenvalue weighted by Gasteiger charge is -2.36. The molecule has 0 fully saturated rings. The molecule has 0 bridgehead atoms. The minimum atomic E-state index is 0.0724. The summed E-state index contributed by atoms with van der Waals surface area (Å²) in [5, 5.41) is 0. The van der Waals surface area contributed by atoms with Crippen molar-refractivity contribution in [2.24, 2.45) is 5.92 Å². The van der Waals surface area contributed by atoms with Crippen molar-refractivity contribution in [1.82, 2.24) is 0 Å². The third-order valence-corrected chi connectivity index (χ3v) is 2.90. The van der Waals surface area contributed by atoms with Gasteiger partial charge in [-0.2, -0.15) is 0 Å². The van der Waals surface area contributed by atoms with Crippen LogP contribution in [0.3, 0.4) is 0 Å². The number of allylic oxidation sites excluding steroid dienone is 1. The minimum Gasteiger partial charge on any atom is -0.378 e. The molecule has 0 rings (SSSR count). The van der Waals surface area contributed by atoms with Crippen molar-refractivity contribution in [3.8, 4) is 0 Å². The Balaban J connectivity index is 4.34. The van der Waals surface area contributed by atoms with Gasteiger partial charge >= 0.3 is 0 Å². The molecule has 0 saturated carbocycles. The van der Waals surface area contributed by atoms with Gasteiger partial charge in [0.05, 0.1) is 5.60 Å². The van der Waals surface area contributed by atoms with E-state index in [-0.39, 0.29) is 5.60 Å². The zero-order chi connectivity index (χ0) is 10.3. The van der Waals surface area contributed by atoms with Crippen LogP contribution < -0.4 is 0 Å². The van der Waals surface area contributed by atoms with Gasteiger partial charge in [-0.1, -0.05) is 33.3 Å². The van der Waals surface area contributed by atoms with E-state index < -0.39 is 0 Å². The average Bonchev–Trinajstić information content (AvgIpc) is 2.12. The lowest BCUT2D eigenvalue weighted by Crippen LogP contribution is -2.37. The summed E-state index contributed by atoms with van der Waals surface area (Å²) >= 11 is 0. The predicted molar refractivity (Wildman–Crippen MR) is 58.9 cm³/mol. The van der Waals surface area contributed by atoms with E-state index in [1.54, 1.807) is 0 Å². The second-order valence-electron chi connectivity index (χ2n) is 4.00. The molecule has 1 heteroatoms. The van der Waals surface area contributed by atoms with E-state index in [1.165, 1.54) is 6.42 Å². The van der Waals surface area contributed by atoms with Crippen molar-refractivity contribution >= 4 is 0 Å². The Hall–Kier alpha value is -0.300. The highest BCUT2D eigenvalue weighted by Crippen LogP contribution is 2.31. The first-order chi connectivity index (χ1) is 6.13. The molecular formula is C12H24O. The zero-order valence-electron chi connectivity index (χ0n) is 9.60. The second kappa shape index (κ2) is 6.20. The molecule has 0 radical (unpaired) electrons. The largest absolute Gasteiger partial charge is 0.378 e. The first kappa shape index (κ1) is 12.7. The van der Waals surface area contributed by atoms with Crippen molar-refractivity contribution in [3.63, 3.8) is 0 Å². The standard InChI is InChI=1S/C12H24O/c1-6-8-10-12(13-5,9-7-2)11(3)4/h6,11H,1,7-10H2,2-5H3/t12-/m1/s1. The summed E-state index contributed by atoms with van der Waals surface area (Å²) in [6, 6.07) is 0. The molecule has 1 atom stereocenters. The molecule has 0 aliphatic rings. The minimum absolute atomic E-state index is 0.0724. The highest BCUT2D eigenvalue weighted by atomic mass is 16.5. The topological polar surface area (TPSA) is 9.23 Å². The summed E-state index contributed by atoms with van der Waals surface area (Å²) in [6.45, 7) is 10.5. The van der Waals surface area contributed by atoms with Crippen LogP contribution in [0.4, 0.5) is 0 Å². The summed E-state index contributed by atoms with van der Waals surface area (Å²) in [5.41, 5.74) is 0.0724. The Morgan fingerprint density at radius 2 is 2.00 bits per heavy atom. The normalized spacial score (nSPS) is 15.8. The third kappa shape index (κ3) is 3.51. The molecular weight excluding hydrogens is 160 g/mol. The van der Waals surface area contributed by atoms with Gasteiger partial charge < -0.3 is 4.74 Å². The molecule has 0 aliphatic heterocycles. The van der Waals surface area contributed by atoms with E-state index in [0.29, 0.717) is 5.92 Å². The van der Waals surface area contributed by atoms with E-state index >= 15 is 0 Å². The fourth-order valence-corrected chi connectivity index (χ4v) is 1.91. The molecule has 0 heterocycles. The van der Waals surface area contributed by atoms with Crippen molar-refractivity contribution in [2.45, 2.75) is 52.1 Å². The monoisotopic (exact) mass is 184 g/mol. The van der Waals surface area contributed by atoms with Crippen LogP contribution in [0.2, 0.25) is 0 Å². The molecule has 78 valence electrons. The maximum Gasteiger partial charge on any atom is 0.0704 e. The van der Waals surface area contributed by atoms with E-state index in [9.17, 15) is 0 Å². The summed E-state index contributed by atoms with van der Waals surface area (Å²) < 4.78 is 5.69. The van der Waals surface area contributed by atoms with Crippen LogP contribution in [0, 0.1) is 5.92 Å². The highest BCUT2D eigenvalue weighted by Gasteiger charge is 2.31. The number of ether oxygens (including phenoxy) is 1. The SMILES string of the molecule is C=CCC[C@@](CCC)(OC)C(C)C. The first-order valence-corrected chi connectivity index (χ1v) is 5.29. The van der Waals surface area contributed by atoms with E-state index in [4.69, 9.17) is 4.74 Å². The number of rotatable bonds is 7. The van der Waals surface area contributed by atoms with Crippen molar-refractivity contribution in [1.29, 1.82) is 0 Å². The van der Waals surface area contributed by atoms with Gasteiger partial charge in [0, 0.05) is 7.11 Å². The molecule has 0 aromatic carbocycles. The Kier molecular flexibility index (Phi) is 6.06. The molecule has 0 aromatic heterocycles. The van der Waals surface area contributed by atoms with Gasteiger partial charge in [-0.25, -0.2) is 0 Å². The molecule has 0 saturated heterocycles. The Morgan fingerprint density at radius 1 is 1.38 bits per heavy atom. The maximum absolute atomic E-state index is 5.69. The zero-order valence-corrected chi connectivity index (χ0v) is 9.60. The van der Waals surface area contributed by atoms with Crippen molar-refractivity contribution in [2.75, 3.05) is 7.11 Å². The second-order valence-corrected chi connectivity index (χ2v) is 4.00. The number of methoxy groups -OCH3 is 1. The van der Waals surface area contributed by atoms with Crippen LogP contribution in [-0.4, -0.2) is 12.7 Å². The fourth-order valence-electron chi connectivity index (χ4n) is 1.91. The maximum atomic E-state index is 5.69. The van der Waals surface area contributed by atoms with Crippen LogP contribution in [0.25, 0.3) is 0 Å². The van der Waals surface area contributed by atoms with Crippen LogP contribution in [0.5, 0.6) is 0 Å². The third-order valence-electron chi connectivity index (χ3n) is 2.90. The Bertz CT molecular complexity index is 140. The summed E-state index contributed by atoms with van der Waals surface area (Å²) in [5.74, 6) is 0.581. The lowest BCUT2D eigenvalue weighted by molar-refractivity contribution is -0.0605. The van der Waals surface area contributed by atoms with Crippen LogP contribution in [0.1, 0.15) is 46.5 Å². The van der Waals surface area contributed by atoms with Crippen LogP contribution >= 0.6 is 0 Å². The van der Waals surface area contributed by atoms with E-state index in [2.05, 4.69) is 27.4 Å². The molecule has 1 nitrogen and oxygen atoms in total. The number of hydrogen-bond donors (Lipinski definition) is 0. The van der Waals surface area contributed by atoms with Crippen molar-refractivity contribution < 1.29 is 4.74 Å². The Morgan fingerprint density at radius 3 is 2.31 bits per heavy atom. The van der Waals surface area contributed by atoms with Gasteiger partial charge in [0.1, 0.15) is 0 Å². The van der Waals surface area contributed by atoms with Gasteiger partial charge in [-0.05, 0) is 25.2 Å². The lowest BCUT2D eigenvalue weighted by atomic mass is 9.82. The van der Waals surface area contributed by atoms with Gasteiger partial charge in [0.15, 0.2) is 0 Å². The van der Waals surface area contributed by atoms with E-state index in [1.807, 2.05) is 13.2 Å². The van der Waals surface area contributed by atoms with Gasteiger partial charge in [-0.15, -0.1) is 6.58 Å². The highest BCUT2D eigenvalue weighted by molar-refractivity contribution is 4.86. The van der Waals surface area contributed by atoms with E-state index in [0.717, 1.165) is 19.3 Å². The van der Waals surface area contributed by atoms with Crippen molar-refractivity contribution in [3.05, 3.63) is 12.7 Å². The molecule has 0 amide bonds. The molecule has 13 heavy (non-hydrogen) atoms. The molecule has 0 unspecified atom stereocenters. The average molecular weight is 184 g/mol. The number of hydrogen-bond acceptors (Lipinski definition) is 1. The molecule has 0 spiro atoms. The quantitative estimate of drug-likeness (QED) is 0.547. The smallest absolute Gasteiger partial charge is 0.0704 e. The van der Waals surface area contributed by atoms with Gasteiger partial charge in [-0.3, -0.25) is 0 Å². The van der Waals surface area contributed by atoms with Gasteiger partial charge in [0.25, 0.3) is 0 Å². The molecule has 0 aromatic rings. The molecule has 0 aliphatic carbocycles. The summed E-state index contributed by atoms with van der Waals surface area (Å²) in [7, 11) is 1.83. The van der Waals surface area contributed by atoms with Crippen LogP contribution in [0.15, 0.2) is 12.7 Å². The fraction of sp³-hybridized carbons (Fsp3) is 0.833. The first-order valence-electron chi connectivity index (χ1n) is 5.29. The summed E-state index contributed by atoms with van der Waals surface area (Å²) in [4.78, 5) is 0. The van der Waals surface area contributed by atoms with Crippen LogP contribution in [-0.2, 0) is 4.74 Å². The molecule has 0 N–H and O–H groups in total. The predicted octanol–water partition coefficient (Wildman–Crippen LogP) is 3.79. The summed E-state index contributed by atoms with van der Waals surface area (Å²) in [6.07, 6.45) is 6.45.